The van der Waals surface area contributed by atoms with Crippen LogP contribution in [-0.2, 0) is 17.6 Å². The Morgan fingerprint density at radius 1 is 1.11 bits per heavy atom. The van der Waals surface area contributed by atoms with Gasteiger partial charge in [0, 0.05) is 21.0 Å². The van der Waals surface area contributed by atoms with Crippen LogP contribution in [0.4, 0.5) is 5.00 Å². The van der Waals surface area contributed by atoms with E-state index in [-0.39, 0.29) is 5.91 Å². The highest BCUT2D eigenvalue weighted by atomic mass is 35.5. The minimum Gasteiger partial charge on any atom is -0.481 e. The topological polar surface area (TPSA) is 123 Å². The Hall–Kier alpha value is -3.69. The van der Waals surface area contributed by atoms with Crippen LogP contribution in [0.5, 0.6) is 5.75 Å². The Labute approximate surface area is 217 Å². The van der Waals surface area contributed by atoms with Crippen molar-refractivity contribution in [1.29, 1.82) is 0 Å². The van der Waals surface area contributed by atoms with E-state index in [0.29, 0.717) is 32.5 Å². The lowest BCUT2D eigenvalue weighted by molar-refractivity contribution is -0.127. The molecule has 1 atom stereocenters. The lowest BCUT2D eigenvalue weighted by Gasteiger charge is -2.13. The molecule has 3 amide bonds. The number of anilines is 1. The Bertz CT molecular complexity index is 1320. The van der Waals surface area contributed by atoms with Gasteiger partial charge in [-0.25, -0.2) is 5.43 Å². The van der Waals surface area contributed by atoms with Gasteiger partial charge in [-0.1, -0.05) is 29.8 Å². The summed E-state index contributed by atoms with van der Waals surface area (Å²) in [6.07, 6.45) is 4.37. The summed E-state index contributed by atoms with van der Waals surface area (Å²) in [6.45, 7) is 1.59. The standard InChI is InChI=1S/C26H25ClN4O4S/c1-15(24(33)31-29-14-17-6-2-4-8-20(17)27)35-18-12-10-16(11-13-18)25(34)30-26-22(23(28)32)19-7-3-5-9-21(19)36-26/h2,4,6,8,10-15H,3,5,7,9H2,1H3,(H2,28,32)(H,30,34)(H,31,33)/b29-14-/t15-/m0/s1. The van der Waals surface area contributed by atoms with Crippen molar-refractivity contribution in [1.82, 2.24) is 5.43 Å². The zero-order chi connectivity index (χ0) is 25.7. The fourth-order valence-electron chi connectivity index (χ4n) is 3.87. The summed E-state index contributed by atoms with van der Waals surface area (Å²) in [5, 5.41) is 7.75. The van der Waals surface area contributed by atoms with Crippen LogP contribution in [0, 0.1) is 0 Å². The number of hydrogen-bond acceptors (Lipinski definition) is 6. The molecule has 36 heavy (non-hydrogen) atoms. The highest BCUT2D eigenvalue weighted by molar-refractivity contribution is 7.17. The van der Waals surface area contributed by atoms with E-state index < -0.39 is 17.9 Å². The zero-order valence-electron chi connectivity index (χ0n) is 19.5. The number of ether oxygens (including phenoxy) is 1. The van der Waals surface area contributed by atoms with E-state index >= 15 is 0 Å². The average Bonchev–Trinajstić information content (AvgIpc) is 3.23. The van der Waals surface area contributed by atoms with Gasteiger partial charge in [-0.2, -0.15) is 5.10 Å². The highest BCUT2D eigenvalue weighted by Gasteiger charge is 2.25. The molecule has 4 N–H and O–H groups in total. The lowest BCUT2D eigenvalue weighted by Crippen LogP contribution is -2.33. The molecule has 8 nitrogen and oxygen atoms in total. The van der Waals surface area contributed by atoms with Gasteiger partial charge < -0.3 is 15.8 Å². The molecule has 0 spiro atoms. The third-order valence-electron chi connectivity index (χ3n) is 5.73. The van der Waals surface area contributed by atoms with Crippen LogP contribution < -0.4 is 21.2 Å². The smallest absolute Gasteiger partial charge is 0.280 e. The molecular formula is C26H25ClN4O4S. The van der Waals surface area contributed by atoms with Gasteiger partial charge in [0.05, 0.1) is 11.8 Å². The van der Waals surface area contributed by atoms with Gasteiger partial charge in [-0.05, 0) is 68.5 Å². The number of nitrogens with one attached hydrogen (secondary N) is 2. The fourth-order valence-corrected chi connectivity index (χ4v) is 5.34. The summed E-state index contributed by atoms with van der Waals surface area (Å²) in [5.74, 6) is -0.922. The molecule has 0 unspecified atom stereocenters. The number of nitrogens with zero attached hydrogens (tertiary/aromatic N) is 1. The number of amides is 3. The first-order chi connectivity index (χ1) is 17.3. The fraction of sp³-hybridized carbons (Fsp3) is 0.231. The molecule has 0 aliphatic heterocycles. The number of aryl methyl sites for hydroxylation is 1. The molecule has 0 saturated carbocycles. The minimum atomic E-state index is -0.830. The molecule has 186 valence electrons. The molecule has 3 aromatic rings. The Morgan fingerprint density at radius 3 is 2.56 bits per heavy atom. The summed E-state index contributed by atoms with van der Waals surface area (Å²) in [7, 11) is 0. The van der Waals surface area contributed by atoms with Crippen molar-refractivity contribution in [3.8, 4) is 5.75 Å². The summed E-state index contributed by atoms with van der Waals surface area (Å²) in [5.41, 5.74) is 10.5. The van der Waals surface area contributed by atoms with Crippen molar-refractivity contribution in [2.24, 2.45) is 10.8 Å². The minimum absolute atomic E-state index is 0.359. The van der Waals surface area contributed by atoms with Crippen molar-refractivity contribution in [3.63, 3.8) is 0 Å². The molecule has 10 heteroatoms. The van der Waals surface area contributed by atoms with Crippen molar-refractivity contribution >= 4 is 51.9 Å². The average molecular weight is 525 g/mol. The molecule has 0 bridgehead atoms. The number of thiophene rings is 1. The molecule has 1 heterocycles. The van der Waals surface area contributed by atoms with Crippen LogP contribution >= 0.6 is 22.9 Å². The first kappa shape index (κ1) is 25.4. The maximum atomic E-state index is 12.8. The molecular weight excluding hydrogens is 500 g/mol. The van der Waals surface area contributed by atoms with Gasteiger partial charge >= 0.3 is 0 Å². The van der Waals surface area contributed by atoms with E-state index in [1.807, 2.05) is 6.07 Å². The molecule has 2 aromatic carbocycles. The van der Waals surface area contributed by atoms with Gasteiger partial charge in [0.1, 0.15) is 10.8 Å². The number of rotatable bonds is 8. The molecule has 4 rings (SSSR count). The largest absolute Gasteiger partial charge is 0.481 e. The van der Waals surface area contributed by atoms with Gasteiger partial charge in [-0.15, -0.1) is 11.3 Å². The van der Waals surface area contributed by atoms with Crippen LogP contribution in [0.25, 0.3) is 0 Å². The first-order valence-electron chi connectivity index (χ1n) is 11.4. The molecule has 0 saturated heterocycles. The number of hydrogen-bond donors (Lipinski definition) is 3. The second kappa shape index (κ2) is 11.4. The highest BCUT2D eigenvalue weighted by Crippen LogP contribution is 2.38. The zero-order valence-corrected chi connectivity index (χ0v) is 21.1. The Kier molecular flexibility index (Phi) is 8.02. The number of nitrogens with two attached hydrogens (primary N) is 1. The second-order valence-electron chi connectivity index (χ2n) is 8.27. The monoisotopic (exact) mass is 524 g/mol. The predicted octanol–water partition coefficient (Wildman–Crippen LogP) is 4.55. The van der Waals surface area contributed by atoms with Gasteiger partial charge in [0.2, 0.25) is 0 Å². The van der Waals surface area contributed by atoms with E-state index in [4.69, 9.17) is 22.1 Å². The second-order valence-corrected chi connectivity index (χ2v) is 9.79. The summed E-state index contributed by atoms with van der Waals surface area (Å²) in [6, 6.07) is 13.5. The lowest BCUT2D eigenvalue weighted by atomic mass is 9.95. The summed E-state index contributed by atoms with van der Waals surface area (Å²) in [4.78, 5) is 38.3. The van der Waals surface area contributed by atoms with Crippen LogP contribution in [0.1, 0.15) is 56.5 Å². The molecule has 1 aliphatic carbocycles. The van der Waals surface area contributed by atoms with E-state index in [1.54, 1.807) is 49.4 Å². The first-order valence-corrected chi connectivity index (χ1v) is 12.6. The molecule has 1 aromatic heterocycles. The number of hydrazone groups is 1. The van der Waals surface area contributed by atoms with Crippen LogP contribution in [0.2, 0.25) is 5.02 Å². The molecule has 0 radical (unpaired) electrons. The SMILES string of the molecule is C[C@H](Oc1ccc(C(=O)Nc2sc3c(c2C(N)=O)CCCC3)cc1)C(=O)N/N=C\c1ccccc1Cl. The maximum Gasteiger partial charge on any atom is 0.280 e. The van der Waals surface area contributed by atoms with Crippen molar-refractivity contribution < 1.29 is 19.1 Å². The van der Waals surface area contributed by atoms with Crippen molar-refractivity contribution in [3.05, 3.63) is 80.7 Å². The van der Waals surface area contributed by atoms with Crippen LogP contribution in [0.15, 0.2) is 53.6 Å². The van der Waals surface area contributed by atoms with Crippen molar-refractivity contribution in [2.45, 2.75) is 38.7 Å². The predicted molar refractivity (Wildman–Crippen MR) is 141 cm³/mol. The molecule has 0 fully saturated rings. The van der Waals surface area contributed by atoms with Crippen LogP contribution in [0.3, 0.4) is 0 Å². The normalized spacial score (nSPS) is 13.6. The number of fused-ring (bicyclic) bond motifs is 1. The number of carbonyl (C=O) groups is 3. The number of primary amides is 1. The molecule has 1 aliphatic rings. The van der Waals surface area contributed by atoms with Gasteiger partial charge in [0.15, 0.2) is 6.10 Å². The van der Waals surface area contributed by atoms with E-state index in [2.05, 4.69) is 15.8 Å². The summed E-state index contributed by atoms with van der Waals surface area (Å²) >= 11 is 7.47. The third-order valence-corrected chi connectivity index (χ3v) is 7.28. The van der Waals surface area contributed by atoms with Gasteiger partial charge in [0.25, 0.3) is 17.7 Å². The third kappa shape index (κ3) is 5.92. The van der Waals surface area contributed by atoms with Gasteiger partial charge in [-0.3, -0.25) is 14.4 Å². The summed E-state index contributed by atoms with van der Waals surface area (Å²) < 4.78 is 5.66. The maximum absolute atomic E-state index is 12.8. The Balaban J connectivity index is 1.35. The Morgan fingerprint density at radius 2 is 1.83 bits per heavy atom. The number of benzene rings is 2. The van der Waals surface area contributed by atoms with E-state index in [0.717, 1.165) is 36.1 Å². The van der Waals surface area contributed by atoms with Crippen LogP contribution in [-0.4, -0.2) is 30.0 Å². The van der Waals surface area contributed by atoms with E-state index in [9.17, 15) is 14.4 Å². The van der Waals surface area contributed by atoms with E-state index in [1.165, 1.54) is 17.6 Å². The number of halogens is 1. The van der Waals surface area contributed by atoms with Crippen molar-refractivity contribution in [2.75, 3.05) is 5.32 Å². The quantitative estimate of drug-likeness (QED) is 0.295. The number of carbonyl (C=O) groups excluding carboxylic acids is 3.